The van der Waals surface area contributed by atoms with Gasteiger partial charge in [0.05, 0.1) is 11.6 Å². The zero-order valence-corrected chi connectivity index (χ0v) is 10.4. The molecule has 1 heterocycles. The molecule has 1 aromatic heterocycles. The summed E-state index contributed by atoms with van der Waals surface area (Å²) in [7, 11) is 0. The van der Waals surface area contributed by atoms with Gasteiger partial charge < -0.3 is 5.11 Å². The van der Waals surface area contributed by atoms with Crippen LogP contribution in [0.5, 0.6) is 0 Å². The molecule has 0 aliphatic heterocycles. The smallest absolute Gasteiger partial charge is 0.0705 e. The Bertz CT molecular complexity index is 493. The molecule has 17 heavy (non-hydrogen) atoms. The number of nitrogens with zero attached hydrogens (tertiary/aromatic N) is 1. The summed E-state index contributed by atoms with van der Waals surface area (Å²) in [6, 6.07) is 12.1. The number of fused-ring (bicyclic) bond motifs is 1. The van der Waals surface area contributed by atoms with Crippen molar-refractivity contribution in [1.29, 1.82) is 0 Å². The second-order valence-corrected chi connectivity index (χ2v) is 4.98. The van der Waals surface area contributed by atoms with Gasteiger partial charge >= 0.3 is 0 Å². The Hall–Kier alpha value is -1.41. The van der Waals surface area contributed by atoms with Gasteiger partial charge in [-0.1, -0.05) is 38.1 Å². The standard InChI is InChI=1S/C15H19NO/c1-11(2)9-14(17)10-13-8-7-12-5-3-4-6-15(12)16-13/h3-8,11,14,17H,9-10H2,1-2H3. The molecule has 2 aromatic rings. The predicted octanol–water partition coefficient (Wildman–Crippen LogP) is 3.18. The number of rotatable bonds is 4. The van der Waals surface area contributed by atoms with Gasteiger partial charge in [0.2, 0.25) is 0 Å². The minimum absolute atomic E-state index is 0.288. The molecule has 1 unspecified atom stereocenters. The predicted molar refractivity (Wildman–Crippen MR) is 70.9 cm³/mol. The van der Waals surface area contributed by atoms with E-state index in [4.69, 9.17) is 0 Å². The Labute approximate surface area is 102 Å². The molecule has 90 valence electrons. The monoisotopic (exact) mass is 229 g/mol. The number of hydrogen-bond acceptors (Lipinski definition) is 2. The van der Waals surface area contributed by atoms with Crippen LogP contribution in [0.1, 0.15) is 26.0 Å². The van der Waals surface area contributed by atoms with Gasteiger partial charge in [-0.2, -0.15) is 0 Å². The molecule has 1 N–H and O–H groups in total. The SMILES string of the molecule is CC(C)CC(O)Cc1ccc2ccccc2n1. The van der Waals surface area contributed by atoms with Gasteiger partial charge in [0.15, 0.2) is 0 Å². The Balaban J connectivity index is 2.14. The lowest BCUT2D eigenvalue weighted by Crippen LogP contribution is -2.14. The van der Waals surface area contributed by atoms with Gasteiger partial charge in [-0.25, -0.2) is 0 Å². The van der Waals surface area contributed by atoms with E-state index in [1.54, 1.807) is 0 Å². The van der Waals surface area contributed by atoms with E-state index >= 15 is 0 Å². The summed E-state index contributed by atoms with van der Waals surface area (Å²) in [6.07, 6.45) is 1.18. The van der Waals surface area contributed by atoms with Crippen molar-refractivity contribution in [3.63, 3.8) is 0 Å². The summed E-state index contributed by atoms with van der Waals surface area (Å²) in [5.41, 5.74) is 1.97. The van der Waals surface area contributed by atoms with Crippen LogP contribution >= 0.6 is 0 Å². The quantitative estimate of drug-likeness (QED) is 0.873. The first-order chi connectivity index (χ1) is 8.15. The summed E-state index contributed by atoms with van der Waals surface area (Å²) < 4.78 is 0. The molecule has 0 aliphatic carbocycles. The molecule has 2 nitrogen and oxygen atoms in total. The van der Waals surface area contributed by atoms with Crippen molar-refractivity contribution in [2.75, 3.05) is 0 Å². The molecule has 2 heteroatoms. The average Bonchev–Trinajstić information content (AvgIpc) is 2.27. The third-order valence-electron chi connectivity index (χ3n) is 2.84. The van der Waals surface area contributed by atoms with Gasteiger partial charge in [0.25, 0.3) is 0 Å². The minimum atomic E-state index is -0.288. The van der Waals surface area contributed by atoms with E-state index in [2.05, 4.69) is 31.0 Å². The fourth-order valence-corrected chi connectivity index (χ4v) is 2.09. The van der Waals surface area contributed by atoms with E-state index < -0.39 is 0 Å². The molecule has 0 spiro atoms. The van der Waals surface area contributed by atoms with E-state index in [9.17, 15) is 5.11 Å². The molecule has 1 aromatic carbocycles. The molecule has 0 fully saturated rings. The molecular formula is C15H19NO. The third-order valence-corrected chi connectivity index (χ3v) is 2.84. The molecule has 0 saturated carbocycles. The molecule has 0 bridgehead atoms. The lowest BCUT2D eigenvalue weighted by molar-refractivity contribution is 0.148. The highest BCUT2D eigenvalue weighted by molar-refractivity contribution is 5.78. The highest BCUT2D eigenvalue weighted by atomic mass is 16.3. The van der Waals surface area contributed by atoms with Crippen LogP contribution in [0.15, 0.2) is 36.4 Å². The van der Waals surface area contributed by atoms with Crippen LogP contribution in [0.25, 0.3) is 10.9 Å². The Morgan fingerprint density at radius 2 is 1.88 bits per heavy atom. The van der Waals surface area contributed by atoms with E-state index in [0.717, 1.165) is 23.0 Å². The summed E-state index contributed by atoms with van der Waals surface area (Å²) in [5, 5.41) is 11.1. The Kier molecular flexibility index (Phi) is 3.75. The average molecular weight is 229 g/mol. The topological polar surface area (TPSA) is 33.1 Å². The number of aliphatic hydroxyl groups is 1. The molecular weight excluding hydrogens is 210 g/mol. The van der Waals surface area contributed by atoms with Gasteiger partial charge in [-0.3, -0.25) is 4.98 Å². The van der Waals surface area contributed by atoms with Crippen LogP contribution < -0.4 is 0 Å². The largest absolute Gasteiger partial charge is 0.393 e. The van der Waals surface area contributed by atoms with Crippen molar-refractivity contribution < 1.29 is 5.11 Å². The van der Waals surface area contributed by atoms with Crippen LogP contribution in [0.2, 0.25) is 0 Å². The fourth-order valence-electron chi connectivity index (χ4n) is 2.09. The molecule has 0 amide bonds. The first kappa shape index (κ1) is 12.1. The molecule has 0 aliphatic rings. The maximum absolute atomic E-state index is 9.91. The maximum atomic E-state index is 9.91. The summed E-state index contributed by atoms with van der Waals surface area (Å²) in [5.74, 6) is 0.519. The van der Waals surface area contributed by atoms with Gasteiger partial charge in [0, 0.05) is 17.5 Å². The lowest BCUT2D eigenvalue weighted by atomic mass is 10.0. The van der Waals surface area contributed by atoms with Crippen molar-refractivity contribution >= 4 is 10.9 Å². The third kappa shape index (κ3) is 3.27. The normalized spacial score (nSPS) is 13.2. The fraction of sp³-hybridized carbons (Fsp3) is 0.400. The minimum Gasteiger partial charge on any atom is -0.393 e. The van der Waals surface area contributed by atoms with Crippen LogP contribution in [0.3, 0.4) is 0 Å². The van der Waals surface area contributed by atoms with E-state index in [0.29, 0.717) is 12.3 Å². The van der Waals surface area contributed by atoms with Crippen molar-refractivity contribution in [3.8, 4) is 0 Å². The highest BCUT2D eigenvalue weighted by Crippen LogP contribution is 2.14. The number of hydrogen-bond donors (Lipinski definition) is 1. The van der Waals surface area contributed by atoms with Crippen molar-refractivity contribution in [1.82, 2.24) is 4.98 Å². The number of para-hydroxylation sites is 1. The van der Waals surface area contributed by atoms with Crippen LogP contribution in [-0.4, -0.2) is 16.2 Å². The number of aliphatic hydroxyl groups excluding tert-OH is 1. The van der Waals surface area contributed by atoms with Crippen LogP contribution in [0.4, 0.5) is 0 Å². The van der Waals surface area contributed by atoms with Gasteiger partial charge in [-0.05, 0) is 24.5 Å². The maximum Gasteiger partial charge on any atom is 0.0705 e. The Morgan fingerprint density at radius 3 is 2.65 bits per heavy atom. The lowest BCUT2D eigenvalue weighted by Gasteiger charge is -2.12. The number of pyridine rings is 1. The first-order valence-electron chi connectivity index (χ1n) is 6.18. The highest BCUT2D eigenvalue weighted by Gasteiger charge is 2.09. The van der Waals surface area contributed by atoms with Gasteiger partial charge in [0.1, 0.15) is 0 Å². The number of benzene rings is 1. The van der Waals surface area contributed by atoms with Gasteiger partial charge in [-0.15, -0.1) is 0 Å². The summed E-state index contributed by atoms with van der Waals surface area (Å²) in [4.78, 5) is 4.56. The molecule has 0 radical (unpaired) electrons. The second kappa shape index (κ2) is 5.28. The summed E-state index contributed by atoms with van der Waals surface area (Å²) in [6.45, 7) is 4.24. The van der Waals surface area contributed by atoms with E-state index in [1.807, 2.05) is 24.3 Å². The second-order valence-electron chi connectivity index (χ2n) is 4.98. The zero-order valence-electron chi connectivity index (χ0n) is 10.4. The van der Waals surface area contributed by atoms with E-state index in [1.165, 1.54) is 0 Å². The van der Waals surface area contributed by atoms with E-state index in [-0.39, 0.29) is 6.10 Å². The molecule has 0 saturated heterocycles. The Morgan fingerprint density at radius 1 is 1.12 bits per heavy atom. The van der Waals surface area contributed by atoms with Crippen molar-refractivity contribution in [3.05, 3.63) is 42.1 Å². The molecule has 1 atom stereocenters. The van der Waals surface area contributed by atoms with Crippen molar-refractivity contribution in [2.45, 2.75) is 32.8 Å². The van der Waals surface area contributed by atoms with Crippen LogP contribution in [-0.2, 0) is 6.42 Å². The zero-order chi connectivity index (χ0) is 12.3. The van der Waals surface area contributed by atoms with Crippen molar-refractivity contribution in [2.24, 2.45) is 5.92 Å². The first-order valence-corrected chi connectivity index (χ1v) is 6.18. The number of aromatic nitrogens is 1. The summed E-state index contributed by atoms with van der Waals surface area (Å²) >= 11 is 0. The molecule has 2 rings (SSSR count). The van der Waals surface area contributed by atoms with Crippen LogP contribution in [0, 0.1) is 5.92 Å².